The maximum atomic E-state index is 10.3. The fourth-order valence-electron chi connectivity index (χ4n) is 0.849. The standard InChI is InChI=1S/C6H15NO4S/c1-2-3-4-6(5-8)7-12(9,10)11/h6-8H,2-5H2,1H3,(H,9,10,11). The van der Waals surface area contributed by atoms with Crippen LogP contribution in [0.25, 0.3) is 0 Å². The Labute approximate surface area is 72.7 Å². The molecule has 3 N–H and O–H groups in total. The Morgan fingerprint density at radius 2 is 2.08 bits per heavy atom. The largest absolute Gasteiger partial charge is 0.395 e. The summed E-state index contributed by atoms with van der Waals surface area (Å²) < 4.78 is 30.9. The van der Waals surface area contributed by atoms with Crippen molar-refractivity contribution in [1.82, 2.24) is 4.72 Å². The summed E-state index contributed by atoms with van der Waals surface area (Å²) in [7, 11) is -4.18. The average molecular weight is 197 g/mol. The van der Waals surface area contributed by atoms with Gasteiger partial charge in [0.25, 0.3) is 0 Å². The molecule has 12 heavy (non-hydrogen) atoms. The Balaban J connectivity index is 3.83. The lowest BCUT2D eigenvalue weighted by molar-refractivity contribution is 0.245. The summed E-state index contributed by atoms with van der Waals surface area (Å²) in [5, 5.41) is 8.68. The van der Waals surface area contributed by atoms with E-state index in [1.54, 1.807) is 0 Å². The summed E-state index contributed by atoms with van der Waals surface area (Å²) in [6.07, 6.45) is 2.27. The number of aliphatic hydroxyl groups is 1. The molecule has 1 unspecified atom stereocenters. The molecule has 0 aliphatic heterocycles. The number of unbranched alkanes of at least 4 members (excludes halogenated alkanes) is 1. The highest BCUT2D eigenvalue weighted by Gasteiger charge is 2.12. The summed E-state index contributed by atoms with van der Waals surface area (Å²) in [4.78, 5) is 0. The van der Waals surface area contributed by atoms with E-state index >= 15 is 0 Å². The number of aliphatic hydroxyl groups excluding tert-OH is 1. The van der Waals surface area contributed by atoms with Crippen molar-refractivity contribution in [2.24, 2.45) is 0 Å². The van der Waals surface area contributed by atoms with E-state index in [4.69, 9.17) is 9.66 Å². The van der Waals surface area contributed by atoms with Crippen molar-refractivity contribution in [3.63, 3.8) is 0 Å². The number of hydrogen-bond acceptors (Lipinski definition) is 3. The third-order valence-electron chi connectivity index (χ3n) is 1.44. The third kappa shape index (κ3) is 6.53. The van der Waals surface area contributed by atoms with Gasteiger partial charge in [0.2, 0.25) is 0 Å². The van der Waals surface area contributed by atoms with Gasteiger partial charge in [0.15, 0.2) is 0 Å². The van der Waals surface area contributed by atoms with Gasteiger partial charge < -0.3 is 5.11 Å². The van der Waals surface area contributed by atoms with Crippen LogP contribution in [0.15, 0.2) is 0 Å². The molecule has 0 rings (SSSR count). The Morgan fingerprint density at radius 1 is 1.50 bits per heavy atom. The maximum absolute atomic E-state index is 10.3. The van der Waals surface area contributed by atoms with Crippen molar-refractivity contribution in [2.75, 3.05) is 6.61 Å². The van der Waals surface area contributed by atoms with Crippen molar-refractivity contribution < 1.29 is 18.1 Å². The van der Waals surface area contributed by atoms with Crippen LogP contribution in [0, 0.1) is 0 Å². The van der Waals surface area contributed by atoms with E-state index in [9.17, 15) is 8.42 Å². The number of nitrogens with one attached hydrogen (secondary N) is 1. The molecular weight excluding hydrogens is 182 g/mol. The second-order valence-electron chi connectivity index (χ2n) is 2.61. The van der Waals surface area contributed by atoms with Crippen LogP contribution >= 0.6 is 0 Å². The monoisotopic (exact) mass is 197 g/mol. The lowest BCUT2D eigenvalue weighted by atomic mass is 10.1. The average Bonchev–Trinajstić information content (AvgIpc) is 1.95. The van der Waals surface area contributed by atoms with E-state index in [2.05, 4.69) is 0 Å². The highest BCUT2D eigenvalue weighted by molar-refractivity contribution is 7.83. The molecule has 0 spiro atoms. The molecule has 0 saturated heterocycles. The van der Waals surface area contributed by atoms with E-state index in [0.29, 0.717) is 6.42 Å². The van der Waals surface area contributed by atoms with Gasteiger partial charge in [0.1, 0.15) is 0 Å². The predicted molar refractivity (Wildman–Crippen MR) is 45.1 cm³/mol. The molecule has 0 heterocycles. The van der Waals surface area contributed by atoms with Gasteiger partial charge in [-0.2, -0.15) is 13.1 Å². The molecule has 0 bridgehead atoms. The van der Waals surface area contributed by atoms with Gasteiger partial charge in [0, 0.05) is 6.04 Å². The SMILES string of the molecule is CCCCC(CO)NS(=O)(=O)O. The Kier molecular flexibility index (Phi) is 5.39. The smallest absolute Gasteiger partial charge is 0.333 e. The fraction of sp³-hybridized carbons (Fsp3) is 1.00. The predicted octanol–water partition coefficient (Wildman–Crippen LogP) is -0.0701. The fourth-order valence-corrected chi connectivity index (χ4v) is 1.46. The minimum Gasteiger partial charge on any atom is -0.395 e. The highest BCUT2D eigenvalue weighted by Crippen LogP contribution is 2.00. The molecule has 0 radical (unpaired) electrons. The van der Waals surface area contributed by atoms with Crippen LogP contribution in [0.2, 0.25) is 0 Å². The van der Waals surface area contributed by atoms with Crippen molar-refractivity contribution in [1.29, 1.82) is 0 Å². The molecule has 0 aromatic heterocycles. The van der Waals surface area contributed by atoms with E-state index in [-0.39, 0.29) is 6.61 Å². The van der Waals surface area contributed by atoms with Crippen LogP contribution in [0.3, 0.4) is 0 Å². The van der Waals surface area contributed by atoms with Crippen molar-refractivity contribution in [2.45, 2.75) is 32.2 Å². The van der Waals surface area contributed by atoms with Crippen molar-refractivity contribution >= 4 is 10.3 Å². The number of rotatable bonds is 6. The minimum absolute atomic E-state index is 0.292. The molecule has 74 valence electrons. The van der Waals surface area contributed by atoms with Gasteiger partial charge in [-0.05, 0) is 6.42 Å². The van der Waals surface area contributed by atoms with E-state index in [0.717, 1.165) is 12.8 Å². The highest BCUT2D eigenvalue weighted by atomic mass is 32.2. The molecule has 0 aliphatic rings. The second kappa shape index (κ2) is 5.47. The topological polar surface area (TPSA) is 86.6 Å². The van der Waals surface area contributed by atoms with Gasteiger partial charge in [-0.15, -0.1) is 0 Å². The molecular formula is C6H15NO4S. The quantitative estimate of drug-likeness (QED) is 0.520. The van der Waals surface area contributed by atoms with Crippen molar-refractivity contribution in [3.05, 3.63) is 0 Å². The van der Waals surface area contributed by atoms with Crippen LogP contribution < -0.4 is 4.72 Å². The maximum Gasteiger partial charge on any atom is 0.333 e. The van der Waals surface area contributed by atoms with E-state index in [1.165, 1.54) is 0 Å². The van der Waals surface area contributed by atoms with Crippen LogP contribution in [0.4, 0.5) is 0 Å². The zero-order valence-electron chi connectivity index (χ0n) is 7.02. The lowest BCUT2D eigenvalue weighted by Crippen LogP contribution is -2.36. The molecule has 0 aliphatic carbocycles. The molecule has 0 saturated carbocycles. The Morgan fingerprint density at radius 3 is 2.42 bits per heavy atom. The van der Waals surface area contributed by atoms with Crippen LogP contribution in [0.5, 0.6) is 0 Å². The molecule has 0 amide bonds. The zero-order chi connectivity index (χ0) is 9.61. The summed E-state index contributed by atoms with van der Waals surface area (Å²) in [6.45, 7) is 1.67. The van der Waals surface area contributed by atoms with Crippen LogP contribution in [-0.2, 0) is 10.3 Å². The summed E-state index contributed by atoms with van der Waals surface area (Å²) in [5.74, 6) is 0. The first-order valence-corrected chi connectivity index (χ1v) is 5.29. The van der Waals surface area contributed by atoms with Gasteiger partial charge in [-0.3, -0.25) is 4.55 Å². The molecule has 0 aromatic rings. The first kappa shape index (κ1) is 11.8. The third-order valence-corrected chi connectivity index (χ3v) is 2.07. The van der Waals surface area contributed by atoms with Crippen LogP contribution in [0.1, 0.15) is 26.2 Å². The van der Waals surface area contributed by atoms with Crippen molar-refractivity contribution in [3.8, 4) is 0 Å². The number of hydrogen-bond donors (Lipinski definition) is 3. The molecule has 0 fully saturated rings. The normalized spacial score (nSPS) is 14.6. The van der Waals surface area contributed by atoms with E-state index in [1.807, 2.05) is 11.6 Å². The molecule has 5 nitrogen and oxygen atoms in total. The van der Waals surface area contributed by atoms with Gasteiger partial charge in [0.05, 0.1) is 6.61 Å². The molecule has 1 atom stereocenters. The zero-order valence-corrected chi connectivity index (χ0v) is 7.84. The van der Waals surface area contributed by atoms with Gasteiger partial charge in [-0.25, -0.2) is 0 Å². The first-order chi connectivity index (χ1) is 5.49. The second-order valence-corrected chi connectivity index (χ2v) is 3.80. The Bertz CT molecular complexity index is 202. The van der Waals surface area contributed by atoms with Crippen LogP contribution in [-0.4, -0.2) is 30.7 Å². The summed E-state index contributed by atoms with van der Waals surface area (Å²) in [5.41, 5.74) is 0. The minimum atomic E-state index is -4.18. The summed E-state index contributed by atoms with van der Waals surface area (Å²) >= 11 is 0. The molecule has 6 heteroatoms. The van der Waals surface area contributed by atoms with Gasteiger partial charge >= 0.3 is 10.3 Å². The summed E-state index contributed by atoms with van der Waals surface area (Å²) in [6, 6.07) is -0.569. The van der Waals surface area contributed by atoms with E-state index < -0.39 is 16.3 Å². The van der Waals surface area contributed by atoms with Gasteiger partial charge in [-0.1, -0.05) is 19.8 Å². The first-order valence-electron chi connectivity index (χ1n) is 3.85. The molecule has 0 aromatic carbocycles. The lowest BCUT2D eigenvalue weighted by Gasteiger charge is -2.12. The Hall–Kier alpha value is -0.170.